The molecule has 0 N–H and O–H groups in total. The molecular weight excluding hydrogens is 332 g/mol. The zero-order valence-electron chi connectivity index (χ0n) is 14.6. The number of carbonyl (C=O) groups excluding carboxylic acids is 1. The van der Waals surface area contributed by atoms with Crippen molar-refractivity contribution >= 4 is 22.6 Å². The lowest BCUT2D eigenvalue weighted by Crippen LogP contribution is -2.39. The van der Waals surface area contributed by atoms with Crippen molar-refractivity contribution in [3.05, 3.63) is 60.2 Å². The van der Waals surface area contributed by atoms with Gasteiger partial charge in [0.15, 0.2) is 0 Å². The first-order valence-electron chi connectivity index (χ1n) is 8.72. The third-order valence-electron chi connectivity index (χ3n) is 4.49. The smallest absolute Gasteiger partial charge is 0.341 e. The van der Waals surface area contributed by atoms with E-state index in [0.717, 1.165) is 22.4 Å². The molecule has 0 radical (unpaired) electrons. The number of pyridine rings is 1. The van der Waals surface area contributed by atoms with Gasteiger partial charge in [0.1, 0.15) is 17.4 Å². The van der Waals surface area contributed by atoms with Crippen molar-refractivity contribution in [1.29, 1.82) is 0 Å². The van der Waals surface area contributed by atoms with Gasteiger partial charge in [0.05, 0.1) is 37.2 Å². The van der Waals surface area contributed by atoms with Crippen LogP contribution in [-0.4, -0.2) is 37.3 Å². The minimum atomic E-state index is -0.359. The number of fused-ring (bicyclic) bond motifs is 1. The van der Waals surface area contributed by atoms with Crippen molar-refractivity contribution in [2.24, 2.45) is 0 Å². The summed E-state index contributed by atoms with van der Waals surface area (Å²) in [5, 5.41) is 0.929. The van der Waals surface area contributed by atoms with Crippen molar-refractivity contribution in [1.82, 2.24) is 4.98 Å². The third kappa shape index (κ3) is 3.04. The summed E-state index contributed by atoms with van der Waals surface area (Å²) in [6.45, 7) is 3.94. The van der Waals surface area contributed by atoms with Gasteiger partial charge in [-0.05, 0) is 25.1 Å². The van der Waals surface area contributed by atoms with Gasteiger partial charge in [0, 0.05) is 18.1 Å². The molecule has 0 saturated carbocycles. The molecule has 1 aliphatic rings. The maximum absolute atomic E-state index is 12.5. The lowest BCUT2D eigenvalue weighted by molar-refractivity contribution is 0.0256. The minimum absolute atomic E-state index is 0.180. The Morgan fingerprint density at radius 3 is 3.00 bits per heavy atom. The number of anilines is 1. The summed E-state index contributed by atoms with van der Waals surface area (Å²) < 4.78 is 16.6. The number of esters is 1. The van der Waals surface area contributed by atoms with Gasteiger partial charge >= 0.3 is 5.97 Å². The summed E-state index contributed by atoms with van der Waals surface area (Å²) in [5.74, 6) is 0.424. The third-order valence-corrected chi connectivity index (χ3v) is 4.49. The molecule has 3 heterocycles. The Morgan fingerprint density at radius 1 is 1.31 bits per heavy atom. The normalized spacial score (nSPS) is 17.4. The van der Waals surface area contributed by atoms with E-state index in [4.69, 9.17) is 13.9 Å². The molecule has 6 heteroatoms. The predicted molar refractivity (Wildman–Crippen MR) is 97.3 cm³/mol. The number of para-hydroxylation sites is 1. The second-order valence-electron chi connectivity index (χ2n) is 6.08. The number of hydrogen-bond donors (Lipinski definition) is 0. The summed E-state index contributed by atoms with van der Waals surface area (Å²) in [6, 6.07) is 11.6. The van der Waals surface area contributed by atoms with Gasteiger partial charge in [0.25, 0.3) is 0 Å². The Morgan fingerprint density at radius 2 is 2.19 bits per heavy atom. The average Bonchev–Trinajstić information content (AvgIpc) is 3.22. The Hall–Kier alpha value is -2.86. The molecule has 3 aromatic rings. The molecule has 1 unspecified atom stereocenters. The second-order valence-corrected chi connectivity index (χ2v) is 6.08. The zero-order chi connectivity index (χ0) is 17.9. The number of carbonyl (C=O) groups is 1. The average molecular weight is 352 g/mol. The molecule has 2 aromatic heterocycles. The van der Waals surface area contributed by atoms with Crippen molar-refractivity contribution in [2.75, 3.05) is 31.2 Å². The Balaban J connectivity index is 1.78. The number of aromatic nitrogens is 1. The fourth-order valence-corrected chi connectivity index (χ4v) is 3.32. The molecule has 134 valence electrons. The summed E-state index contributed by atoms with van der Waals surface area (Å²) in [4.78, 5) is 19.1. The van der Waals surface area contributed by atoms with Crippen molar-refractivity contribution in [3.63, 3.8) is 0 Å². The second kappa shape index (κ2) is 7.17. The number of benzene rings is 1. The van der Waals surface area contributed by atoms with Crippen LogP contribution >= 0.6 is 0 Å². The van der Waals surface area contributed by atoms with Crippen LogP contribution in [0.1, 0.15) is 29.1 Å². The molecule has 0 amide bonds. The molecule has 26 heavy (non-hydrogen) atoms. The van der Waals surface area contributed by atoms with Gasteiger partial charge < -0.3 is 18.8 Å². The molecule has 0 aliphatic carbocycles. The van der Waals surface area contributed by atoms with Crippen LogP contribution in [0.3, 0.4) is 0 Å². The van der Waals surface area contributed by atoms with E-state index < -0.39 is 0 Å². The largest absolute Gasteiger partial charge is 0.467 e. The molecule has 1 atom stereocenters. The van der Waals surface area contributed by atoms with Crippen LogP contribution in [0.4, 0.5) is 5.69 Å². The molecule has 1 saturated heterocycles. The van der Waals surface area contributed by atoms with Gasteiger partial charge in [0.2, 0.25) is 0 Å². The van der Waals surface area contributed by atoms with E-state index in [1.165, 1.54) is 0 Å². The summed E-state index contributed by atoms with van der Waals surface area (Å²) >= 11 is 0. The van der Waals surface area contributed by atoms with Crippen LogP contribution in [0.15, 0.2) is 53.3 Å². The van der Waals surface area contributed by atoms with Crippen LogP contribution in [-0.2, 0) is 9.47 Å². The number of nitrogens with zero attached hydrogens (tertiary/aromatic N) is 2. The predicted octanol–water partition coefficient (Wildman–Crippen LogP) is 3.58. The fraction of sp³-hybridized carbons (Fsp3) is 0.300. The Kier molecular flexibility index (Phi) is 4.58. The molecule has 6 nitrogen and oxygen atoms in total. The molecule has 4 rings (SSSR count). The van der Waals surface area contributed by atoms with E-state index in [-0.39, 0.29) is 12.1 Å². The Labute approximate surface area is 151 Å². The van der Waals surface area contributed by atoms with E-state index in [9.17, 15) is 4.79 Å². The summed E-state index contributed by atoms with van der Waals surface area (Å²) in [7, 11) is 0. The van der Waals surface area contributed by atoms with Crippen LogP contribution in [0.2, 0.25) is 0 Å². The van der Waals surface area contributed by atoms with Gasteiger partial charge in [-0.2, -0.15) is 0 Å². The number of furan rings is 1. The maximum atomic E-state index is 12.5. The van der Waals surface area contributed by atoms with E-state index >= 15 is 0 Å². The highest BCUT2D eigenvalue weighted by molar-refractivity contribution is 6.05. The monoisotopic (exact) mass is 352 g/mol. The lowest BCUT2D eigenvalue weighted by Gasteiger charge is -2.35. The van der Waals surface area contributed by atoms with E-state index in [2.05, 4.69) is 9.88 Å². The van der Waals surface area contributed by atoms with Crippen molar-refractivity contribution in [3.8, 4) is 0 Å². The minimum Gasteiger partial charge on any atom is -0.467 e. The molecular formula is C20H20N2O4. The quantitative estimate of drug-likeness (QED) is 0.669. The Bertz CT molecular complexity index is 907. The summed E-state index contributed by atoms with van der Waals surface area (Å²) in [5.41, 5.74) is 2.16. The molecule has 0 bridgehead atoms. The first kappa shape index (κ1) is 16.6. The van der Waals surface area contributed by atoms with Crippen molar-refractivity contribution in [2.45, 2.75) is 13.0 Å². The fourth-order valence-electron chi connectivity index (χ4n) is 3.32. The van der Waals surface area contributed by atoms with Gasteiger partial charge in [-0.3, -0.25) is 4.98 Å². The number of morpholine rings is 1. The van der Waals surface area contributed by atoms with E-state index in [1.54, 1.807) is 19.4 Å². The lowest BCUT2D eigenvalue weighted by atomic mass is 10.1. The molecule has 1 aliphatic heterocycles. The van der Waals surface area contributed by atoms with Crippen LogP contribution in [0, 0.1) is 0 Å². The van der Waals surface area contributed by atoms with Crippen LogP contribution in [0.25, 0.3) is 10.9 Å². The molecule has 1 fully saturated rings. The maximum Gasteiger partial charge on any atom is 0.341 e. The first-order valence-corrected chi connectivity index (χ1v) is 8.72. The van der Waals surface area contributed by atoms with Crippen molar-refractivity contribution < 1.29 is 18.7 Å². The number of hydrogen-bond acceptors (Lipinski definition) is 6. The SMILES string of the molecule is CCOC(=O)c1cnc2ccccc2c1N1CCOC(c2ccco2)C1. The topological polar surface area (TPSA) is 64.8 Å². The van der Waals surface area contributed by atoms with E-state index in [0.29, 0.717) is 31.9 Å². The van der Waals surface area contributed by atoms with Gasteiger partial charge in [-0.15, -0.1) is 0 Å². The standard InChI is InChI=1S/C20H20N2O4/c1-2-24-20(23)15-12-21-16-7-4-3-6-14(16)19(15)22-9-11-26-18(13-22)17-8-5-10-25-17/h3-8,10,12,18H,2,9,11,13H2,1H3. The molecule has 1 aromatic carbocycles. The number of ether oxygens (including phenoxy) is 2. The highest BCUT2D eigenvalue weighted by Gasteiger charge is 2.28. The van der Waals surface area contributed by atoms with Gasteiger partial charge in [-0.1, -0.05) is 18.2 Å². The highest BCUT2D eigenvalue weighted by atomic mass is 16.5. The van der Waals surface area contributed by atoms with E-state index in [1.807, 2.05) is 36.4 Å². The van der Waals surface area contributed by atoms with Crippen LogP contribution in [0.5, 0.6) is 0 Å². The number of rotatable bonds is 4. The summed E-state index contributed by atoms with van der Waals surface area (Å²) in [6.07, 6.45) is 3.07. The highest BCUT2D eigenvalue weighted by Crippen LogP contribution is 2.34. The first-order chi connectivity index (χ1) is 12.8. The zero-order valence-corrected chi connectivity index (χ0v) is 14.6. The molecule has 0 spiro atoms. The van der Waals surface area contributed by atoms with Crippen LogP contribution < -0.4 is 4.90 Å². The van der Waals surface area contributed by atoms with Gasteiger partial charge in [-0.25, -0.2) is 4.79 Å².